The van der Waals surface area contributed by atoms with Crippen LogP contribution in [0.3, 0.4) is 0 Å². The van der Waals surface area contributed by atoms with Crippen molar-refractivity contribution in [3.05, 3.63) is 23.3 Å². The van der Waals surface area contributed by atoms with E-state index in [1.54, 1.807) is 0 Å². The van der Waals surface area contributed by atoms with Crippen LogP contribution in [-0.2, 0) is 6.61 Å². The molecule has 0 aromatic carbocycles. The lowest BCUT2D eigenvalue weighted by molar-refractivity contribution is 0.145. The molecule has 3 nitrogen and oxygen atoms in total. The average molecular weight is 193 g/mol. The van der Waals surface area contributed by atoms with Crippen molar-refractivity contribution < 1.29 is 23.4 Å². The van der Waals surface area contributed by atoms with Crippen molar-refractivity contribution in [3.8, 4) is 5.75 Å². The van der Waals surface area contributed by atoms with Gasteiger partial charge in [-0.1, -0.05) is 0 Å². The van der Waals surface area contributed by atoms with E-state index < -0.39 is 35.9 Å². The van der Waals surface area contributed by atoms with Crippen LogP contribution in [0.1, 0.15) is 17.6 Å². The van der Waals surface area contributed by atoms with Crippen LogP contribution in [-0.4, -0.2) is 15.2 Å². The Labute approximate surface area is 71.5 Å². The largest absolute Gasteiger partial charge is 0.503 e. The van der Waals surface area contributed by atoms with Gasteiger partial charge in [0, 0.05) is 17.3 Å². The van der Waals surface area contributed by atoms with Crippen LogP contribution < -0.4 is 0 Å². The zero-order valence-electron chi connectivity index (χ0n) is 6.34. The maximum Gasteiger partial charge on any atom is 0.265 e. The van der Waals surface area contributed by atoms with Crippen LogP contribution in [0.2, 0.25) is 0 Å². The Kier molecular flexibility index (Phi) is 2.72. The molecule has 0 spiro atoms. The maximum atomic E-state index is 12.5. The summed E-state index contributed by atoms with van der Waals surface area (Å²) in [6.07, 6.45) is -2.31. The first-order valence-electron chi connectivity index (χ1n) is 3.33. The van der Waals surface area contributed by atoms with Gasteiger partial charge in [-0.2, -0.15) is 4.39 Å². The minimum absolute atomic E-state index is 0.525. The molecule has 0 amide bonds. The Balaban J connectivity index is 3.30. The highest BCUT2D eigenvalue weighted by Crippen LogP contribution is 2.29. The van der Waals surface area contributed by atoms with Gasteiger partial charge in [0.05, 0.1) is 6.61 Å². The Hall–Kier alpha value is -1.30. The summed E-state index contributed by atoms with van der Waals surface area (Å²) in [6.45, 7) is -0.856. The number of aromatic hydroxyl groups is 1. The van der Waals surface area contributed by atoms with E-state index in [0.717, 1.165) is 0 Å². The third-order valence-corrected chi connectivity index (χ3v) is 1.54. The second kappa shape index (κ2) is 3.61. The van der Waals surface area contributed by atoms with Crippen LogP contribution in [0.15, 0.2) is 6.20 Å². The second-order valence-electron chi connectivity index (χ2n) is 2.29. The average Bonchev–Trinajstić information content (AvgIpc) is 2.09. The summed E-state index contributed by atoms with van der Waals surface area (Å²) in [4.78, 5) is 2.90. The van der Waals surface area contributed by atoms with Gasteiger partial charge in [0.15, 0.2) is 5.75 Å². The first-order valence-corrected chi connectivity index (χ1v) is 3.33. The molecule has 0 unspecified atom stereocenters. The maximum absolute atomic E-state index is 12.5. The van der Waals surface area contributed by atoms with Crippen molar-refractivity contribution >= 4 is 0 Å². The summed E-state index contributed by atoms with van der Waals surface area (Å²) in [5.74, 6) is -2.30. The molecule has 0 aliphatic heterocycles. The third-order valence-electron chi connectivity index (χ3n) is 1.54. The Morgan fingerprint density at radius 1 is 1.46 bits per heavy atom. The quantitative estimate of drug-likeness (QED) is 0.697. The van der Waals surface area contributed by atoms with E-state index in [9.17, 15) is 13.2 Å². The standard InChI is InChI=1S/C7H6F3NO2/c8-6(9)3-1-11-7(10)5(13)4(3)2-12/h1,6,12-13H,2H2. The molecule has 72 valence electrons. The molecule has 0 saturated heterocycles. The molecule has 1 aromatic rings. The fraction of sp³-hybridized carbons (Fsp3) is 0.286. The lowest BCUT2D eigenvalue weighted by Crippen LogP contribution is -1.99. The van der Waals surface area contributed by atoms with Crippen molar-refractivity contribution in [2.24, 2.45) is 0 Å². The number of halogens is 3. The summed E-state index contributed by atoms with van der Waals surface area (Å²) in [7, 11) is 0. The fourth-order valence-corrected chi connectivity index (χ4v) is 0.881. The molecule has 1 aromatic heterocycles. The van der Waals surface area contributed by atoms with Crippen molar-refractivity contribution in [2.75, 3.05) is 0 Å². The summed E-state index contributed by atoms with van der Waals surface area (Å²) in [5.41, 5.74) is -1.19. The molecule has 0 bridgehead atoms. The highest BCUT2D eigenvalue weighted by atomic mass is 19.3. The van der Waals surface area contributed by atoms with E-state index in [2.05, 4.69) is 4.98 Å². The van der Waals surface area contributed by atoms with Crippen LogP contribution in [0.4, 0.5) is 13.2 Å². The van der Waals surface area contributed by atoms with Gasteiger partial charge in [0.1, 0.15) is 0 Å². The van der Waals surface area contributed by atoms with Gasteiger partial charge < -0.3 is 10.2 Å². The Morgan fingerprint density at radius 3 is 2.54 bits per heavy atom. The van der Waals surface area contributed by atoms with E-state index >= 15 is 0 Å². The van der Waals surface area contributed by atoms with Gasteiger partial charge in [0.25, 0.3) is 12.4 Å². The van der Waals surface area contributed by atoms with E-state index in [-0.39, 0.29) is 0 Å². The number of aromatic nitrogens is 1. The molecular weight excluding hydrogens is 187 g/mol. The van der Waals surface area contributed by atoms with E-state index in [1.165, 1.54) is 0 Å². The van der Waals surface area contributed by atoms with Crippen molar-refractivity contribution in [2.45, 2.75) is 13.0 Å². The summed E-state index contributed by atoms with van der Waals surface area (Å²) >= 11 is 0. The number of aliphatic hydroxyl groups excluding tert-OH is 1. The number of pyridine rings is 1. The number of alkyl halides is 2. The molecule has 0 fully saturated rings. The predicted molar refractivity (Wildman–Crippen MR) is 36.7 cm³/mol. The molecule has 1 heterocycles. The fourth-order valence-electron chi connectivity index (χ4n) is 0.881. The second-order valence-corrected chi connectivity index (χ2v) is 2.29. The monoisotopic (exact) mass is 193 g/mol. The molecule has 0 saturated carbocycles. The number of hydrogen-bond acceptors (Lipinski definition) is 3. The Bertz CT molecular complexity index is 317. The smallest absolute Gasteiger partial charge is 0.265 e. The van der Waals surface area contributed by atoms with Gasteiger partial charge in [-0.05, 0) is 0 Å². The number of nitrogens with zero attached hydrogens (tertiary/aromatic N) is 1. The zero-order chi connectivity index (χ0) is 10.0. The van der Waals surface area contributed by atoms with Gasteiger partial charge in [0.2, 0.25) is 0 Å². The molecular formula is C7H6F3NO2. The lowest BCUT2D eigenvalue weighted by atomic mass is 10.1. The SMILES string of the molecule is OCc1c(C(F)F)cnc(F)c1O. The van der Waals surface area contributed by atoms with Crippen LogP contribution >= 0.6 is 0 Å². The number of aliphatic hydroxyl groups is 1. The summed E-state index contributed by atoms with van der Waals surface area (Å²) < 4.78 is 36.8. The molecule has 0 radical (unpaired) electrons. The minimum atomic E-state index is -2.90. The van der Waals surface area contributed by atoms with E-state index in [0.29, 0.717) is 6.20 Å². The molecule has 2 N–H and O–H groups in total. The van der Waals surface area contributed by atoms with Gasteiger partial charge in [-0.3, -0.25) is 0 Å². The topological polar surface area (TPSA) is 53.4 Å². The van der Waals surface area contributed by atoms with Crippen LogP contribution in [0.25, 0.3) is 0 Å². The Morgan fingerprint density at radius 2 is 2.08 bits per heavy atom. The summed E-state index contributed by atoms with van der Waals surface area (Å²) in [6, 6.07) is 0. The number of hydrogen-bond donors (Lipinski definition) is 2. The van der Waals surface area contributed by atoms with Gasteiger partial charge >= 0.3 is 0 Å². The molecule has 1 rings (SSSR count). The molecule has 6 heteroatoms. The lowest BCUT2D eigenvalue weighted by Gasteiger charge is -2.07. The molecule has 0 atom stereocenters. The van der Waals surface area contributed by atoms with Crippen molar-refractivity contribution in [1.29, 1.82) is 0 Å². The van der Waals surface area contributed by atoms with Gasteiger partial charge in [-0.25, -0.2) is 13.8 Å². The minimum Gasteiger partial charge on any atom is -0.503 e. The van der Waals surface area contributed by atoms with E-state index in [1.807, 2.05) is 0 Å². The highest BCUT2D eigenvalue weighted by Gasteiger charge is 2.19. The van der Waals surface area contributed by atoms with E-state index in [4.69, 9.17) is 10.2 Å². The predicted octanol–water partition coefficient (Wildman–Crippen LogP) is 1.36. The first kappa shape index (κ1) is 9.79. The van der Waals surface area contributed by atoms with Crippen LogP contribution in [0.5, 0.6) is 5.75 Å². The van der Waals surface area contributed by atoms with Crippen LogP contribution in [0, 0.1) is 5.95 Å². The van der Waals surface area contributed by atoms with Crippen molar-refractivity contribution in [3.63, 3.8) is 0 Å². The molecule has 0 aliphatic carbocycles. The normalized spacial score (nSPS) is 10.8. The molecule has 0 aliphatic rings. The highest BCUT2D eigenvalue weighted by molar-refractivity contribution is 5.36. The zero-order valence-corrected chi connectivity index (χ0v) is 6.34. The van der Waals surface area contributed by atoms with Gasteiger partial charge in [-0.15, -0.1) is 0 Å². The third kappa shape index (κ3) is 1.72. The van der Waals surface area contributed by atoms with Crippen molar-refractivity contribution in [1.82, 2.24) is 4.98 Å². The molecule has 13 heavy (non-hydrogen) atoms. The summed E-state index contributed by atoms with van der Waals surface area (Å²) in [5, 5.41) is 17.5. The first-order chi connectivity index (χ1) is 6.07. The number of rotatable bonds is 2.